The van der Waals surface area contributed by atoms with Gasteiger partial charge in [0.1, 0.15) is 12.1 Å². The highest BCUT2D eigenvalue weighted by Crippen LogP contribution is 2.23. The fourth-order valence-corrected chi connectivity index (χ4v) is 3.78. The van der Waals surface area contributed by atoms with Gasteiger partial charge in [-0.15, -0.1) is 0 Å². The lowest BCUT2D eigenvalue weighted by Gasteiger charge is -2.24. The number of amides is 5. The van der Waals surface area contributed by atoms with E-state index in [1.807, 2.05) is 0 Å². The number of imide groups is 1. The van der Waals surface area contributed by atoms with Crippen molar-refractivity contribution in [2.75, 3.05) is 11.9 Å². The van der Waals surface area contributed by atoms with E-state index in [9.17, 15) is 24.0 Å². The third-order valence-corrected chi connectivity index (χ3v) is 5.99. The van der Waals surface area contributed by atoms with Crippen LogP contribution in [0.2, 0.25) is 5.02 Å². The van der Waals surface area contributed by atoms with Gasteiger partial charge in [0.25, 0.3) is 11.8 Å². The Balaban J connectivity index is 1.78. The van der Waals surface area contributed by atoms with Gasteiger partial charge in [-0.2, -0.15) is 0 Å². The van der Waals surface area contributed by atoms with E-state index in [0.29, 0.717) is 37.1 Å². The zero-order valence-corrected chi connectivity index (χ0v) is 21.4. The highest BCUT2D eigenvalue weighted by Gasteiger charge is 2.27. The van der Waals surface area contributed by atoms with Crippen molar-refractivity contribution in [1.82, 2.24) is 15.5 Å². The van der Waals surface area contributed by atoms with Crippen molar-refractivity contribution in [3.8, 4) is 0 Å². The van der Waals surface area contributed by atoms with Crippen LogP contribution in [0, 0.1) is 5.92 Å². The molecule has 0 aromatic heterocycles. The monoisotopic (exact) mass is 520 g/mol. The summed E-state index contributed by atoms with van der Waals surface area (Å²) in [7, 11) is 0. The van der Waals surface area contributed by atoms with E-state index in [2.05, 4.69) is 16.0 Å². The maximum atomic E-state index is 12.8. The Labute approximate surface area is 215 Å². The number of carbonyl (C=O) groups excluding carboxylic acids is 5. The zero-order chi connectivity index (χ0) is 26.8. The van der Waals surface area contributed by atoms with Crippen molar-refractivity contribution < 1.29 is 29.1 Å². The van der Waals surface area contributed by atoms with Crippen molar-refractivity contribution in [3.63, 3.8) is 0 Å². The highest BCUT2D eigenvalue weighted by atomic mass is 35.5. The first-order valence-electron chi connectivity index (χ1n) is 11.9. The topological polar surface area (TPSA) is 145 Å². The second kappa shape index (κ2) is 13.7. The molecule has 2 rings (SSSR count). The maximum absolute atomic E-state index is 12.8. The van der Waals surface area contributed by atoms with E-state index in [1.54, 1.807) is 26.0 Å². The molecule has 0 saturated heterocycles. The number of hydrogen-bond donors (Lipinski definition) is 4. The number of halogens is 1. The molecule has 196 valence electrons. The molecule has 1 aromatic carbocycles. The van der Waals surface area contributed by atoms with E-state index < -0.39 is 23.9 Å². The number of benzene rings is 1. The van der Waals surface area contributed by atoms with E-state index in [0.717, 1.165) is 4.90 Å². The molecule has 0 unspecified atom stereocenters. The Hall–Kier alpha value is -3.24. The minimum atomic E-state index is -0.894. The fraction of sp³-hybridized carbons (Fsp3) is 0.480. The van der Waals surface area contributed by atoms with Crippen molar-refractivity contribution in [2.45, 2.75) is 65.1 Å². The van der Waals surface area contributed by atoms with Crippen LogP contribution in [0.25, 0.3) is 0 Å². The van der Waals surface area contributed by atoms with Gasteiger partial charge in [0.05, 0.1) is 17.3 Å². The molecule has 0 spiro atoms. The summed E-state index contributed by atoms with van der Waals surface area (Å²) >= 11 is 6.12. The number of rotatable bonds is 13. The van der Waals surface area contributed by atoms with Gasteiger partial charge in [-0.25, -0.2) is 0 Å². The lowest BCUT2D eigenvalue weighted by atomic mass is 10.0. The molecule has 0 aliphatic carbocycles. The molecule has 1 heterocycles. The van der Waals surface area contributed by atoms with Crippen LogP contribution in [0.5, 0.6) is 0 Å². The molecular weight excluding hydrogens is 488 g/mol. The van der Waals surface area contributed by atoms with Crippen molar-refractivity contribution in [2.24, 2.45) is 5.92 Å². The minimum absolute atomic E-state index is 0.180. The highest BCUT2D eigenvalue weighted by molar-refractivity contribution is 6.33. The Morgan fingerprint density at radius 3 is 2.22 bits per heavy atom. The standard InChI is InChI=1S/C25H33ClN4O6/c1-15(2)23(29-20(32)7-5-4-6-12-30-21(33)10-11-22(30)34)25(36)27-16(3)24(35)28-19-9-8-17(14-31)13-18(19)26/h8-11,13,15-16,23,31H,4-7,12,14H2,1-3H3,(H,27,36)(H,28,35)(H,29,32)/t16-,23-/m0/s1. The molecule has 0 saturated carbocycles. The molecule has 2 atom stereocenters. The van der Waals surface area contributed by atoms with Gasteiger partial charge < -0.3 is 21.1 Å². The summed E-state index contributed by atoms with van der Waals surface area (Å²) in [4.78, 5) is 62.0. The summed E-state index contributed by atoms with van der Waals surface area (Å²) < 4.78 is 0. The first kappa shape index (κ1) is 29.0. The smallest absolute Gasteiger partial charge is 0.253 e. The number of unbranched alkanes of at least 4 members (excludes halogenated alkanes) is 2. The SMILES string of the molecule is CC(C)[C@H](NC(=O)CCCCCN1C(=O)C=CC1=O)C(=O)N[C@@H](C)C(=O)Nc1ccc(CO)cc1Cl. The van der Waals surface area contributed by atoms with E-state index in [4.69, 9.17) is 16.7 Å². The second-order valence-electron chi connectivity index (χ2n) is 8.95. The van der Waals surface area contributed by atoms with Crippen LogP contribution in [-0.2, 0) is 30.6 Å². The van der Waals surface area contributed by atoms with Crippen molar-refractivity contribution in [1.29, 1.82) is 0 Å². The lowest BCUT2D eigenvalue weighted by Crippen LogP contribution is -2.53. The largest absolute Gasteiger partial charge is 0.392 e. The molecule has 1 aliphatic heterocycles. The van der Waals surface area contributed by atoms with Crippen molar-refractivity contribution in [3.05, 3.63) is 40.9 Å². The number of carbonyl (C=O) groups is 5. The van der Waals surface area contributed by atoms with Gasteiger partial charge >= 0.3 is 0 Å². The summed E-state index contributed by atoms with van der Waals surface area (Å²) in [6, 6.07) is 3.00. The normalized spacial score (nSPS) is 14.7. The molecule has 11 heteroatoms. The number of nitrogens with one attached hydrogen (secondary N) is 3. The number of aliphatic hydroxyl groups excluding tert-OH is 1. The Morgan fingerprint density at radius 2 is 1.64 bits per heavy atom. The molecule has 1 aromatic rings. The van der Waals surface area contributed by atoms with Gasteiger partial charge in [0, 0.05) is 25.1 Å². The first-order valence-corrected chi connectivity index (χ1v) is 12.2. The van der Waals surface area contributed by atoms with Crippen LogP contribution >= 0.6 is 11.6 Å². The molecule has 0 bridgehead atoms. The molecule has 10 nitrogen and oxygen atoms in total. The Morgan fingerprint density at radius 1 is 0.972 bits per heavy atom. The van der Waals surface area contributed by atoms with Crippen LogP contribution < -0.4 is 16.0 Å². The fourth-order valence-electron chi connectivity index (χ4n) is 3.53. The van der Waals surface area contributed by atoms with Gasteiger partial charge in [-0.3, -0.25) is 28.9 Å². The Kier molecular flexibility index (Phi) is 11.1. The summed E-state index contributed by atoms with van der Waals surface area (Å²) in [6.07, 6.45) is 4.43. The van der Waals surface area contributed by atoms with Gasteiger partial charge in [0.2, 0.25) is 17.7 Å². The third-order valence-electron chi connectivity index (χ3n) is 5.68. The average molecular weight is 521 g/mol. The van der Waals surface area contributed by atoms with Gasteiger partial charge in [-0.1, -0.05) is 37.9 Å². The molecular formula is C25H33ClN4O6. The van der Waals surface area contributed by atoms with Crippen LogP contribution in [0.1, 0.15) is 52.0 Å². The van der Waals surface area contributed by atoms with Crippen LogP contribution in [-0.4, -0.2) is 58.2 Å². The number of nitrogens with zero attached hydrogens (tertiary/aromatic N) is 1. The third kappa shape index (κ3) is 8.46. The summed E-state index contributed by atoms with van der Waals surface area (Å²) in [5.41, 5.74) is 0.951. The lowest BCUT2D eigenvalue weighted by molar-refractivity contribution is -0.137. The number of aliphatic hydroxyl groups is 1. The van der Waals surface area contributed by atoms with Gasteiger partial charge in [0.15, 0.2) is 0 Å². The molecule has 4 N–H and O–H groups in total. The van der Waals surface area contributed by atoms with Crippen LogP contribution in [0.15, 0.2) is 30.4 Å². The van der Waals surface area contributed by atoms with Crippen molar-refractivity contribution >= 4 is 46.8 Å². The quantitative estimate of drug-likeness (QED) is 0.231. The van der Waals surface area contributed by atoms with E-state index in [1.165, 1.54) is 25.1 Å². The molecule has 1 aliphatic rings. The molecule has 36 heavy (non-hydrogen) atoms. The van der Waals surface area contributed by atoms with Gasteiger partial charge in [-0.05, 0) is 43.4 Å². The molecule has 0 radical (unpaired) electrons. The zero-order valence-electron chi connectivity index (χ0n) is 20.7. The first-order chi connectivity index (χ1) is 17.0. The predicted octanol–water partition coefficient (Wildman–Crippen LogP) is 1.90. The number of anilines is 1. The summed E-state index contributed by atoms with van der Waals surface area (Å²) in [5, 5.41) is 17.4. The van der Waals surface area contributed by atoms with E-state index in [-0.39, 0.29) is 41.7 Å². The predicted molar refractivity (Wildman–Crippen MR) is 135 cm³/mol. The summed E-state index contributed by atoms with van der Waals surface area (Å²) in [6.45, 7) is 5.22. The van der Waals surface area contributed by atoms with Crippen LogP contribution in [0.3, 0.4) is 0 Å². The van der Waals surface area contributed by atoms with E-state index >= 15 is 0 Å². The maximum Gasteiger partial charge on any atom is 0.253 e. The molecule has 5 amide bonds. The number of hydrogen-bond acceptors (Lipinski definition) is 6. The average Bonchev–Trinajstić information content (AvgIpc) is 3.15. The molecule has 0 fully saturated rings. The Bertz CT molecular complexity index is 1010. The second-order valence-corrected chi connectivity index (χ2v) is 9.36. The summed E-state index contributed by atoms with van der Waals surface area (Å²) in [5.74, 6) is -2.14. The van der Waals surface area contributed by atoms with Crippen LogP contribution in [0.4, 0.5) is 5.69 Å². The minimum Gasteiger partial charge on any atom is -0.392 e.